The van der Waals surface area contributed by atoms with Gasteiger partial charge in [-0.25, -0.2) is 4.98 Å². The maximum Gasteiger partial charge on any atom is 0.168 e. The van der Waals surface area contributed by atoms with Gasteiger partial charge in [0.1, 0.15) is 0 Å². The van der Waals surface area contributed by atoms with Crippen LogP contribution in [0.3, 0.4) is 0 Å². The fourth-order valence-corrected chi connectivity index (χ4v) is 2.60. The third-order valence-electron chi connectivity index (χ3n) is 2.99. The molecule has 1 aromatic rings. The van der Waals surface area contributed by atoms with Crippen molar-refractivity contribution in [2.24, 2.45) is 7.05 Å². The van der Waals surface area contributed by atoms with Gasteiger partial charge in [0.05, 0.1) is 24.1 Å². The Labute approximate surface area is 101 Å². The Morgan fingerprint density at radius 1 is 1.44 bits per heavy atom. The lowest BCUT2D eigenvalue weighted by Gasteiger charge is -2.24. The van der Waals surface area contributed by atoms with Crippen LogP contribution in [-0.4, -0.2) is 31.1 Å². The zero-order chi connectivity index (χ0) is 12.2. The number of hydrogen-bond acceptors (Lipinski definition) is 4. The van der Waals surface area contributed by atoms with E-state index in [0.29, 0.717) is 5.75 Å². The monoisotopic (exact) mass is 244 g/mol. The fraction of sp³-hybridized carbons (Fsp3) is 0.727. The number of aliphatic hydroxyl groups is 2. The van der Waals surface area contributed by atoms with Crippen LogP contribution in [0.2, 0.25) is 0 Å². The molecule has 0 aliphatic heterocycles. The van der Waals surface area contributed by atoms with E-state index in [1.807, 2.05) is 25.5 Å². The van der Waals surface area contributed by atoms with Gasteiger partial charge in [-0.1, -0.05) is 25.6 Å². The van der Waals surface area contributed by atoms with E-state index < -0.39 is 5.60 Å². The number of nitrogens with zero attached hydrogens (tertiary/aromatic N) is 2. The molecule has 0 saturated carbocycles. The second-order valence-corrected chi connectivity index (χ2v) is 4.91. The van der Waals surface area contributed by atoms with Crippen LogP contribution in [0, 0.1) is 0 Å². The maximum absolute atomic E-state index is 10.1. The van der Waals surface area contributed by atoms with Gasteiger partial charge in [-0.05, 0) is 12.8 Å². The van der Waals surface area contributed by atoms with Crippen molar-refractivity contribution in [3.8, 4) is 0 Å². The Kier molecular flexibility index (Phi) is 4.83. The average molecular weight is 244 g/mol. The molecular formula is C11H20N2O2S. The molecule has 0 aliphatic rings. The fourth-order valence-electron chi connectivity index (χ4n) is 1.36. The van der Waals surface area contributed by atoms with Gasteiger partial charge < -0.3 is 14.8 Å². The van der Waals surface area contributed by atoms with E-state index in [0.717, 1.165) is 23.7 Å². The Morgan fingerprint density at radius 2 is 2.06 bits per heavy atom. The molecule has 0 aromatic carbocycles. The van der Waals surface area contributed by atoms with Crippen LogP contribution in [0.5, 0.6) is 0 Å². The number of aliphatic hydroxyl groups excluding tert-OH is 1. The molecule has 16 heavy (non-hydrogen) atoms. The van der Waals surface area contributed by atoms with Crippen molar-refractivity contribution in [2.75, 3.05) is 5.75 Å². The summed E-state index contributed by atoms with van der Waals surface area (Å²) in [5.41, 5.74) is 0.176. The average Bonchev–Trinajstić information content (AvgIpc) is 2.67. The first-order valence-corrected chi connectivity index (χ1v) is 6.51. The summed E-state index contributed by atoms with van der Waals surface area (Å²) in [7, 11) is 1.87. The van der Waals surface area contributed by atoms with Crippen molar-refractivity contribution in [1.29, 1.82) is 0 Å². The molecule has 2 N–H and O–H groups in total. The smallest absolute Gasteiger partial charge is 0.168 e. The van der Waals surface area contributed by atoms with Crippen LogP contribution in [0.15, 0.2) is 11.4 Å². The van der Waals surface area contributed by atoms with Crippen molar-refractivity contribution in [3.63, 3.8) is 0 Å². The Morgan fingerprint density at radius 3 is 2.50 bits per heavy atom. The lowest BCUT2D eigenvalue weighted by atomic mass is 10.0. The highest BCUT2D eigenvalue weighted by Gasteiger charge is 2.23. The normalized spacial score (nSPS) is 12.1. The predicted molar refractivity (Wildman–Crippen MR) is 65.4 cm³/mol. The SMILES string of the molecule is CCC(O)(CC)CSc1ncc(CO)n1C. The van der Waals surface area contributed by atoms with Crippen LogP contribution >= 0.6 is 11.8 Å². The molecule has 0 amide bonds. The molecule has 0 atom stereocenters. The standard InChI is InChI=1S/C11H20N2O2S/c1-4-11(15,5-2)8-16-10-12-6-9(7-14)13(10)3/h6,14-15H,4-5,7-8H2,1-3H3. The minimum Gasteiger partial charge on any atom is -0.390 e. The summed E-state index contributed by atoms with van der Waals surface area (Å²) in [6.07, 6.45) is 3.15. The van der Waals surface area contributed by atoms with Gasteiger partial charge >= 0.3 is 0 Å². The molecule has 0 spiro atoms. The van der Waals surface area contributed by atoms with Crippen molar-refractivity contribution < 1.29 is 10.2 Å². The van der Waals surface area contributed by atoms with Gasteiger partial charge in [0, 0.05) is 12.8 Å². The summed E-state index contributed by atoms with van der Waals surface area (Å²) in [5, 5.41) is 20.0. The van der Waals surface area contributed by atoms with Crippen LogP contribution in [0.25, 0.3) is 0 Å². The first-order chi connectivity index (χ1) is 7.56. The second kappa shape index (κ2) is 5.70. The second-order valence-electron chi connectivity index (χ2n) is 3.97. The Hall–Kier alpha value is -0.520. The first-order valence-electron chi connectivity index (χ1n) is 5.53. The Bertz CT molecular complexity index is 335. The zero-order valence-corrected chi connectivity index (χ0v) is 10.9. The molecule has 5 heteroatoms. The van der Waals surface area contributed by atoms with Crippen molar-refractivity contribution >= 4 is 11.8 Å². The molecule has 92 valence electrons. The molecule has 1 aromatic heterocycles. The minimum atomic E-state index is -0.615. The summed E-state index contributed by atoms with van der Waals surface area (Å²) in [4.78, 5) is 4.21. The van der Waals surface area contributed by atoms with Crippen molar-refractivity contribution in [3.05, 3.63) is 11.9 Å². The molecule has 0 unspecified atom stereocenters. The summed E-state index contributed by atoms with van der Waals surface area (Å²) in [6.45, 7) is 3.97. The van der Waals surface area contributed by atoms with Crippen molar-refractivity contribution in [1.82, 2.24) is 9.55 Å². The van der Waals surface area contributed by atoms with Crippen LogP contribution in [-0.2, 0) is 13.7 Å². The van der Waals surface area contributed by atoms with E-state index >= 15 is 0 Å². The van der Waals surface area contributed by atoms with E-state index in [4.69, 9.17) is 5.11 Å². The van der Waals surface area contributed by atoms with E-state index in [2.05, 4.69) is 4.98 Å². The lowest BCUT2D eigenvalue weighted by Crippen LogP contribution is -2.29. The van der Waals surface area contributed by atoms with Crippen LogP contribution in [0.4, 0.5) is 0 Å². The summed E-state index contributed by atoms with van der Waals surface area (Å²) < 4.78 is 1.86. The van der Waals surface area contributed by atoms with E-state index in [-0.39, 0.29) is 6.61 Å². The van der Waals surface area contributed by atoms with Crippen LogP contribution < -0.4 is 0 Å². The molecular weight excluding hydrogens is 224 g/mol. The summed E-state index contributed by atoms with van der Waals surface area (Å²) in [5.74, 6) is 0.635. The van der Waals surface area contributed by atoms with Gasteiger partial charge in [0.15, 0.2) is 5.16 Å². The molecule has 0 bridgehead atoms. The van der Waals surface area contributed by atoms with Gasteiger partial charge in [-0.2, -0.15) is 0 Å². The number of thioether (sulfide) groups is 1. The molecule has 0 aliphatic carbocycles. The number of hydrogen-bond donors (Lipinski definition) is 2. The number of aromatic nitrogens is 2. The zero-order valence-electron chi connectivity index (χ0n) is 10.1. The Balaban J connectivity index is 2.64. The van der Waals surface area contributed by atoms with E-state index in [9.17, 15) is 5.11 Å². The maximum atomic E-state index is 10.1. The van der Waals surface area contributed by atoms with E-state index in [1.165, 1.54) is 11.8 Å². The number of rotatable bonds is 6. The third kappa shape index (κ3) is 2.99. The molecule has 1 rings (SSSR count). The molecule has 0 saturated heterocycles. The highest BCUT2D eigenvalue weighted by Crippen LogP contribution is 2.26. The lowest BCUT2D eigenvalue weighted by molar-refractivity contribution is 0.0571. The van der Waals surface area contributed by atoms with Crippen LogP contribution in [0.1, 0.15) is 32.4 Å². The van der Waals surface area contributed by atoms with Gasteiger partial charge in [-0.3, -0.25) is 0 Å². The largest absolute Gasteiger partial charge is 0.390 e. The molecule has 0 fully saturated rings. The van der Waals surface area contributed by atoms with Gasteiger partial charge in [0.25, 0.3) is 0 Å². The molecule has 4 nitrogen and oxygen atoms in total. The molecule has 0 radical (unpaired) electrons. The highest BCUT2D eigenvalue weighted by atomic mass is 32.2. The van der Waals surface area contributed by atoms with Gasteiger partial charge in [0.2, 0.25) is 0 Å². The minimum absolute atomic E-state index is 0.00408. The molecule has 1 heterocycles. The quantitative estimate of drug-likeness (QED) is 0.746. The highest BCUT2D eigenvalue weighted by molar-refractivity contribution is 7.99. The van der Waals surface area contributed by atoms with Crippen molar-refractivity contribution in [2.45, 2.75) is 44.1 Å². The van der Waals surface area contributed by atoms with Gasteiger partial charge in [-0.15, -0.1) is 0 Å². The summed E-state index contributed by atoms with van der Waals surface area (Å²) >= 11 is 1.53. The topological polar surface area (TPSA) is 58.3 Å². The predicted octanol–water partition coefficient (Wildman–Crippen LogP) is 1.56. The summed E-state index contributed by atoms with van der Waals surface area (Å²) in [6, 6.07) is 0. The van der Waals surface area contributed by atoms with E-state index in [1.54, 1.807) is 6.20 Å². The third-order valence-corrected chi connectivity index (χ3v) is 4.31. The first kappa shape index (κ1) is 13.5. The number of imidazole rings is 1.